The molecule has 0 unspecified atom stereocenters. The van der Waals surface area contributed by atoms with E-state index in [4.69, 9.17) is 4.52 Å². The summed E-state index contributed by atoms with van der Waals surface area (Å²) >= 11 is 0. The van der Waals surface area contributed by atoms with Crippen LogP contribution < -0.4 is 5.32 Å². The van der Waals surface area contributed by atoms with Crippen molar-refractivity contribution in [1.29, 1.82) is 0 Å². The molecule has 1 aromatic carbocycles. The Kier molecular flexibility index (Phi) is 3.37. The van der Waals surface area contributed by atoms with Crippen molar-refractivity contribution in [3.63, 3.8) is 0 Å². The Morgan fingerprint density at radius 2 is 1.92 bits per heavy atom. The summed E-state index contributed by atoms with van der Waals surface area (Å²) in [5.41, 5.74) is 1.24. The zero-order valence-corrected chi connectivity index (χ0v) is 13.4. The number of hydrogen-bond acceptors (Lipinski definition) is 5. The van der Waals surface area contributed by atoms with Crippen LogP contribution in [0.15, 0.2) is 28.8 Å². The van der Waals surface area contributed by atoms with Gasteiger partial charge in [0.15, 0.2) is 5.82 Å². The number of aryl methyl sites for hydroxylation is 1. The van der Waals surface area contributed by atoms with Gasteiger partial charge in [-0.05, 0) is 31.9 Å². The van der Waals surface area contributed by atoms with E-state index in [1.54, 1.807) is 0 Å². The number of carbonyl (C=O) groups is 2. The van der Waals surface area contributed by atoms with Gasteiger partial charge in [-0.15, -0.1) is 0 Å². The van der Waals surface area contributed by atoms with E-state index in [0.717, 1.165) is 24.0 Å². The van der Waals surface area contributed by atoms with E-state index in [2.05, 4.69) is 15.5 Å². The second-order valence-electron chi connectivity index (χ2n) is 6.49. The second-order valence-corrected chi connectivity index (χ2v) is 6.49. The third kappa shape index (κ3) is 2.36. The number of urea groups is 1. The van der Waals surface area contributed by atoms with Gasteiger partial charge < -0.3 is 9.84 Å². The summed E-state index contributed by atoms with van der Waals surface area (Å²) in [5.74, 6) is 0.531. The van der Waals surface area contributed by atoms with E-state index in [0.29, 0.717) is 24.6 Å². The van der Waals surface area contributed by atoms with Gasteiger partial charge in [-0.3, -0.25) is 9.69 Å². The highest BCUT2D eigenvalue weighted by atomic mass is 16.5. The van der Waals surface area contributed by atoms with Crippen LogP contribution in [-0.2, 0) is 11.3 Å². The molecule has 1 aliphatic heterocycles. The maximum Gasteiger partial charge on any atom is 0.325 e. The van der Waals surface area contributed by atoms with Crippen molar-refractivity contribution in [1.82, 2.24) is 20.4 Å². The fraction of sp³-hybridized carbons (Fsp3) is 0.412. The highest BCUT2D eigenvalue weighted by Crippen LogP contribution is 2.35. The second kappa shape index (κ2) is 5.43. The molecule has 24 heavy (non-hydrogen) atoms. The summed E-state index contributed by atoms with van der Waals surface area (Å²) < 4.78 is 5.26. The van der Waals surface area contributed by atoms with E-state index < -0.39 is 5.54 Å². The molecule has 2 aliphatic rings. The van der Waals surface area contributed by atoms with Crippen molar-refractivity contribution >= 4 is 11.9 Å². The molecule has 1 aliphatic carbocycles. The summed E-state index contributed by atoms with van der Waals surface area (Å²) in [6, 6.07) is 7.34. The molecule has 124 valence electrons. The third-order valence-corrected chi connectivity index (χ3v) is 4.77. The Balaban J connectivity index is 1.53. The number of rotatable bonds is 3. The van der Waals surface area contributed by atoms with Gasteiger partial charge in [0.25, 0.3) is 11.8 Å². The highest BCUT2D eigenvalue weighted by Gasteiger charge is 2.52. The summed E-state index contributed by atoms with van der Waals surface area (Å²) in [7, 11) is 0. The van der Waals surface area contributed by atoms with Gasteiger partial charge in [0, 0.05) is 5.56 Å². The molecule has 1 spiro atoms. The number of amides is 3. The molecule has 0 radical (unpaired) electrons. The molecule has 0 atom stereocenters. The Bertz CT molecular complexity index is 790. The largest absolute Gasteiger partial charge is 0.334 e. The van der Waals surface area contributed by atoms with Crippen molar-refractivity contribution in [3.8, 4) is 11.5 Å². The summed E-state index contributed by atoms with van der Waals surface area (Å²) in [5, 5.41) is 6.75. The van der Waals surface area contributed by atoms with Gasteiger partial charge in [-0.25, -0.2) is 4.79 Å². The molecule has 7 heteroatoms. The van der Waals surface area contributed by atoms with Crippen molar-refractivity contribution in [2.75, 3.05) is 0 Å². The standard InChI is InChI=1S/C17H18N4O3/c1-11-4-6-12(7-5-11)14-18-13(20-24-14)10-21-15(22)17(19-16(21)23)8-2-3-9-17/h4-7H,2-3,8-10H2,1H3,(H,19,23). The number of nitrogens with zero attached hydrogens (tertiary/aromatic N) is 3. The van der Waals surface area contributed by atoms with E-state index in [-0.39, 0.29) is 18.5 Å². The van der Waals surface area contributed by atoms with Crippen LogP contribution in [0.25, 0.3) is 11.5 Å². The molecule has 2 aromatic rings. The normalized spacial score (nSPS) is 19.3. The Hall–Kier alpha value is -2.70. The third-order valence-electron chi connectivity index (χ3n) is 4.77. The Labute approximate surface area is 139 Å². The highest BCUT2D eigenvalue weighted by molar-refractivity contribution is 6.07. The minimum Gasteiger partial charge on any atom is -0.334 e. The molecular weight excluding hydrogens is 308 g/mol. The lowest BCUT2D eigenvalue weighted by Gasteiger charge is -2.19. The maximum atomic E-state index is 12.6. The lowest BCUT2D eigenvalue weighted by Crippen LogP contribution is -2.44. The molecule has 2 fully saturated rings. The zero-order chi connectivity index (χ0) is 16.7. The van der Waals surface area contributed by atoms with E-state index >= 15 is 0 Å². The molecule has 1 saturated carbocycles. The quantitative estimate of drug-likeness (QED) is 0.875. The fourth-order valence-electron chi connectivity index (χ4n) is 3.41. The number of aromatic nitrogens is 2. The molecule has 3 amide bonds. The maximum absolute atomic E-state index is 12.6. The number of benzene rings is 1. The first kappa shape index (κ1) is 14.9. The molecule has 1 N–H and O–H groups in total. The van der Waals surface area contributed by atoms with Gasteiger partial charge in [0.2, 0.25) is 0 Å². The molecule has 7 nitrogen and oxygen atoms in total. The fourth-order valence-corrected chi connectivity index (χ4v) is 3.41. The molecular formula is C17H18N4O3. The average Bonchev–Trinajstić information content (AvgIpc) is 3.27. The smallest absolute Gasteiger partial charge is 0.325 e. The lowest BCUT2D eigenvalue weighted by atomic mass is 9.98. The summed E-state index contributed by atoms with van der Waals surface area (Å²) in [6.45, 7) is 2.03. The zero-order valence-electron chi connectivity index (χ0n) is 13.4. The topological polar surface area (TPSA) is 88.3 Å². The van der Waals surface area contributed by atoms with Crippen LogP contribution in [-0.4, -0.2) is 32.5 Å². The van der Waals surface area contributed by atoms with Crippen LogP contribution in [0.5, 0.6) is 0 Å². The van der Waals surface area contributed by atoms with E-state index in [9.17, 15) is 9.59 Å². The van der Waals surface area contributed by atoms with Crippen LogP contribution in [0.4, 0.5) is 4.79 Å². The number of carbonyl (C=O) groups excluding carboxylic acids is 2. The first-order chi connectivity index (χ1) is 11.6. The molecule has 1 aromatic heterocycles. The van der Waals surface area contributed by atoms with Gasteiger partial charge in [0.05, 0.1) is 6.54 Å². The van der Waals surface area contributed by atoms with Crippen LogP contribution in [0.1, 0.15) is 37.1 Å². The van der Waals surface area contributed by atoms with Crippen LogP contribution in [0.2, 0.25) is 0 Å². The predicted octanol–water partition coefficient (Wildman–Crippen LogP) is 2.41. The minimum atomic E-state index is -0.708. The van der Waals surface area contributed by atoms with Crippen molar-refractivity contribution in [2.45, 2.75) is 44.7 Å². The minimum absolute atomic E-state index is 0.0295. The summed E-state index contributed by atoms with van der Waals surface area (Å²) in [4.78, 5) is 30.3. The van der Waals surface area contributed by atoms with Gasteiger partial charge in [-0.1, -0.05) is 35.7 Å². The average molecular weight is 326 g/mol. The molecule has 4 rings (SSSR count). The van der Waals surface area contributed by atoms with Crippen molar-refractivity contribution in [3.05, 3.63) is 35.7 Å². The van der Waals surface area contributed by atoms with E-state index in [1.807, 2.05) is 31.2 Å². The monoisotopic (exact) mass is 326 g/mol. The van der Waals surface area contributed by atoms with Gasteiger partial charge >= 0.3 is 6.03 Å². The number of nitrogens with one attached hydrogen (secondary N) is 1. The van der Waals surface area contributed by atoms with Crippen LogP contribution in [0.3, 0.4) is 0 Å². The number of hydrogen-bond donors (Lipinski definition) is 1. The Morgan fingerprint density at radius 1 is 1.21 bits per heavy atom. The molecule has 0 bridgehead atoms. The van der Waals surface area contributed by atoms with Crippen LogP contribution >= 0.6 is 0 Å². The van der Waals surface area contributed by atoms with Gasteiger partial charge in [-0.2, -0.15) is 4.98 Å². The molecule has 1 saturated heterocycles. The first-order valence-electron chi connectivity index (χ1n) is 8.11. The predicted molar refractivity (Wildman–Crippen MR) is 84.8 cm³/mol. The molecule has 2 heterocycles. The Morgan fingerprint density at radius 3 is 2.62 bits per heavy atom. The number of imide groups is 1. The SMILES string of the molecule is Cc1ccc(-c2nc(CN3C(=O)NC4(CCCC4)C3=O)no2)cc1. The summed E-state index contributed by atoms with van der Waals surface area (Å²) in [6.07, 6.45) is 3.32. The van der Waals surface area contributed by atoms with Crippen molar-refractivity contribution in [2.24, 2.45) is 0 Å². The van der Waals surface area contributed by atoms with Crippen molar-refractivity contribution < 1.29 is 14.1 Å². The first-order valence-corrected chi connectivity index (χ1v) is 8.11. The van der Waals surface area contributed by atoms with Gasteiger partial charge in [0.1, 0.15) is 5.54 Å². The lowest BCUT2D eigenvalue weighted by molar-refractivity contribution is -0.131. The van der Waals surface area contributed by atoms with Crippen LogP contribution in [0, 0.1) is 6.92 Å². The van der Waals surface area contributed by atoms with E-state index in [1.165, 1.54) is 4.90 Å².